The van der Waals surface area contributed by atoms with E-state index in [1.807, 2.05) is 54.4 Å². The maximum absolute atomic E-state index is 5.90. The van der Waals surface area contributed by atoms with Crippen molar-refractivity contribution in [2.24, 2.45) is 0 Å². The van der Waals surface area contributed by atoms with Gasteiger partial charge in [-0.3, -0.25) is 0 Å². The molecule has 4 nitrogen and oxygen atoms in total. The first-order chi connectivity index (χ1) is 11.1. The Kier molecular flexibility index (Phi) is 4.88. The van der Waals surface area contributed by atoms with E-state index in [2.05, 4.69) is 5.32 Å². The van der Waals surface area contributed by atoms with Crippen LogP contribution in [0.15, 0.2) is 42.5 Å². The van der Waals surface area contributed by atoms with E-state index in [-0.39, 0.29) is 6.79 Å². The molecule has 120 valence electrons. The van der Waals surface area contributed by atoms with Gasteiger partial charge in [0.2, 0.25) is 6.79 Å². The molecule has 0 fully saturated rings. The predicted octanol–water partition coefficient (Wildman–Crippen LogP) is 3.58. The minimum Gasteiger partial charge on any atom is -0.454 e. The molecule has 2 aromatic rings. The largest absolute Gasteiger partial charge is 0.454 e. The van der Waals surface area contributed by atoms with Crippen molar-refractivity contribution in [3.05, 3.63) is 58.6 Å². The Bertz CT molecular complexity index is 706. The lowest BCUT2D eigenvalue weighted by molar-refractivity contribution is 0.174. The van der Waals surface area contributed by atoms with E-state index in [1.54, 1.807) is 0 Å². The lowest BCUT2D eigenvalue weighted by Crippen LogP contribution is -2.36. The highest BCUT2D eigenvalue weighted by atomic mass is 35.5. The van der Waals surface area contributed by atoms with Crippen molar-refractivity contribution in [1.29, 1.82) is 0 Å². The summed E-state index contributed by atoms with van der Waals surface area (Å²) >= 11 is 11.3. The van der Waals surface area contributed by atoms with Gasteiger partial charge >= 0.3 is 0 Å². The Morgan fingerprint density at radius 1 is 1.13 bits per heavy atom. The quantitative estimate of drug-likeness (QED) is 0.854. The van der Waals surface area contributed by atoms with Gasteiger partial charge in [-0.2, -0.15) is 0 Å². The molecule has 0 spiro atoms. The standard InChI is InChI=1S/C17H17ClN2O2S/c1-20(10-12-2-5-14(18)6-3-12)17(23)19-9-13-4-7-15-16(8-13)22-11-21-15/h2-8H,9-11H2,1H3,(H,19,23). The second-order valence-electron chi connectivity index (χ2n) is 5.33. The van der Waals surface area contributed by atoms with Gasteiger partial charge < -0.3 is 19.7 Å². The molecule has 0 radical (unpaired) electrons. The molecule has 0 amide bonds. The second-order valence-corrected chi connectivity index (χ2v) is 6.15. The van der Waals surface area contributed by atoms with E-state index in [9.17, 15) is 0 Å². The molecule has 1 N–H and O–H groups in total. The number of halogens is 1. The molecule has 1 heterocycles. The maximum atomic E-state index is 5.90. The molecule has 0 bridgehead atoms. The van der Waals surface area contributed by atoms with Crippen molar-refractivity contribution < 1.29 is 9.47 Å². The first-order valence-electron chi connectivity index (χ1n) is 7.24. The SMILES string of the molecule is CN(Cc1ccc(Cl)cc1)C(=S)NCc1ccc2c(c1)OCO2. The summed E-state index contributed by atoms with van der Waals surface area (Å²) in [6.45, 7) is 1.65. The van der Waals surface area contributed by atoms with Crippen molar-refractivity contribution in [2.75, 3.05) is 13.8 Å². The zero-order valence-corrected chi connectivity index (χ0v) is 14.3. The molecular weight excluding hydrogens is 332 g/mol. The molecule has 0 aromatic heterocycles. The van der Waals surface area contributed by atoms with E-state index in [4.69, 9.17) is 33.3 Å². The van der Waals surface area contributed by atoms with Crippen LogP contribution in [0.3, 0.4) is 0 Å². The van der Waals surface area contributed by atoms with Crippen molar-refractivity contribution in [3.8, 4) is 11.5 Å². The van der Waals surface area contributed by atoms with Crippen molar-refractivity contribution >= 4 is 28.9 Å². The molecular formula is C17H17ClN2O2S. The zero-order chi connectivity index (χ0) is 16.2. The molecule has 2 aromatic carbocycles. The summed E-state index contributed by atoms with van der Waals surface area (Å²) in [5.41, 5.74) is 2.25. The molecule has 6 heteroatoms. The Balaban J connectivity index is 1.53. The number of thiocarbonyl (C=S) groups is 1. The van der Waals surface area contributed by atoms with Gasteiger partial charge in [0.15, 0.2) is 16.6 Å². The van der Waals surface area contributed by atoms with E-state index in [1.165, 1.54) is 0 Å². The lowest BCUT2D eigenvalue weighted by atomic mass is 10.2. The summed E-state index contributed by atoms with van der Waals surface area (Å²) in [7, 11) is 1.96. The van der Waals surface area contributed by atoms with Crippen LogP contribution in [0.2, 0.25) is 5.02 Å². The third-order valence-corrected chi connectivity index (χ3v) is 4.27. The van der Waals surface area contributed by atoms with Crippen LogP contribution in [0, 0.1) is 0 Å². The van der Waals surface area contributed by atoms with Crippen LogP contribution in [0.25, 0.3) is 0 Å². The first-order valence-corrected chi connectivity index (χ1v) is 8.02. The van der Waals surface area contributed by atoms with Gasteiger partial charge in [-0.05, 0) is 47.6 Å². The van der Waals surface area contributed by atoms with Gasteiger partial charge in [-0.1, -0.05) is 29.8 Å². The number of ether oxygens (including phenoxy) is 2. The van der Waals surface area contributed by atoms with Gasteiger partial charge in [0.05, 0.1) is 0 Å². The van der Waals surface area contributed by atoms with Crippen LogP contribution in [0.5, 0.6) is 11.5 Å². The van der Waals surface area contributed by atoms with Crippen LogP contribution in [0.1, 0.15) is 11.1 Å². The van der Waals surface area contributed by atoms with E-state index in [0.29, 0.717) is 11.7 Å². The summed E-state index contributed by atoms with van der Waals surface area (Å²) in [6.07, 6.45) is 0. The topological polar surface area (TPSA) is 33.7 Å². The zero-order valence-electron chi connectivity index (χ0n) is 12.7. The minimum absolute atomic E-state index is 0.286. The fraction of sp³-hybridized carbons (Fsp3) is 0.235. The molecule has 3 rings (SSSR count). The van der Waals surface area contributed by atoms with Crippen LogP contribution < -0.4 is 14.8 Å². The number of hydrogen-bond acceptors (Lipinski definition) is 3. The number of nitrogens with zero attached hydrogens (tertiary/aromatic N) is 1. The van der Waals surface area contributed by atoms with Gasteiger partial charge in [0.1, 0.15) is 0 Å². The molecule has 1 aliphatic rings. The highest BCUT2D eigenvalue weighted by Crippen LogP contribution is 2.32. The lowest BCUT2D eigenvalue weighted by Gasteiger charge is -2.21. The molecule has 23 heavy (non-hydrogen) atoms. The highest BCUT2D eigenvalue weighted by molar-refractivity contribution is 7.80. The summed E-state index contributed by atoms with van der Waals surface area (Å²) in [4.78, 5) is 1.99. The van der Waals surface area contributed by atoms with Crippen LogP contribution >= 0.6 is 23.8 Å². The third-order valence-electron chi connectivity index (χ3n) is 3.56. The van der Waals surface area contributed by atoms with Crippen LogP contribution in [-0.2, 0) is 13.1 Å². The summed E-state index contributed by atoms with van der Waals surface area (Å²) in [5, 5.41) is 4.68. The van der Waals surface area contributed by atoms with Crippen molar-refractivity contribution in [3.63, 3.8) is 0 Å². The fourth-order valence-electron chi connectivity index (χ4n) is 2.30. The summed E-state index contributed by atoms with van der Waals surface area (Å²) < 4.78 is 10.7. The Morgan fingerprint density at radius 2 is 1.83 bits per heavy atom. The van der Waals surface area contributed by atoms with Gasteiger partial charge in [0, 0.05) is 25.2 Å². The highest BCUT2D eigenvalue weighted by Gasteiger charge is 2.13. The van der Waals surface area contributed by atoms with E-state index in [0.717, 1.165) is 34.2 Å². The van der Waals surface area contributed by atoms with E-state index < -0.39 is 0 Å². The number of nitrogens with one attached hydrogen (secondary N) is 1. The van der Waals surface area contributed by atoms with Gasteiger partial charge in [-0.15, -0.1) is 0 Å². The first kappa shape index (κ1) is 15.9. The Labute approximate surface area is 146 Å². The molecule has 0 aliphatic carbocycles. The molecule has 0 saturated carbocycles. The predicted molar refractivity (Wildman–Crippen MR) is 94.9 cm³/mol. The third kappa shape index (κ3) is 4.06. The van der Waals surface area contributed by atoms with Crippen molar-refractivity contribution in [2.45, 2.75) is 13.1 Å². The number of benzene rings is 2. The molecule has 0 unspecified atom stereocenters. The molecule has 0 saturated heterocycles. The number of fused-ring (bicyclic) bond motifs is 1. The second kappa shape index (κ2) is 7.06. The van der Waals surface area contributed by atoms with Crippen molar-refractivity contribution in [1.82, 2.24) is 10.2 Å². The number of rotatable bonds is 4. The van der Waals surface area contributed by atoms with Gasteiger partial charge in [0.25, 0.3) is 0 Å². The van der Waals surface area contributed by atoms with Crippen LogP contribution in [0.4, 0.5) is 0 Å². The molecule has 0 atom stereocenters. The average Bonchev–Trinajstić information content (AvgIpc) is 3.02. The van der Waals surface area contributed by atoms with Crippen LogP contribution in [-0.4, -0.2) is 23.9 Å². The minimum atomic E-state index is 0.286. The maximum Gasteiger partial charge on any atom is 0.231 e. The van der Waals surface area contributed by atoms with Gasteiger partial charge in [-0.25, -0.2) is 0 Å². The summed E-state index contributed by atoms with van der Waals surface area (Å²) in [6, 6.07) is 13.7. The Hall–Kier alpha value is -1.98. The normalized spacial score (nSPS) is 12.1. The average molecular weight is 349 g/mol. The molecule has 1 aliphatic heterocycles. The monoisotopic (exact) mass is 348 g/mol. The fourth-order valence-corrected chi connectivity index (χ4v) is 2.56. The van der Waals surface area contributed by atoms with E-state index >= 15 is 0 Å². The number of hydrogen-bond donors (Lipinski definition) is 1. The Morgan fingerprint density at radius 3 is 2.61 bits per heavy atom. The smallest absolute Gasteiger partial charge is 0.231 e. The summed E-state index contributed by atoms with van der Waals surface area (Å²) in [5.74, 6) is 1.57.